The van der Waals surface area contributed by atoms with Gasteiger partial charge >= 0.3 is 12.1 Å². The minimum absolute atomic E-state index is 0.205. The van der Waals surface area contributed by atoms with Crippen LogP contribution in [-0.4, -0.2) is 39.9 Å². The van der Waals surface area contributed by atoms with Crippen molar-refractivity contribution in [2.24, 2.45) is 5.73 Å². The van der Waals surface area contributed by atoms with E-state index in [0.29, 0.717) is 19.5 Å². The molecule has 0 radical (unpaired) electrons. The Morgan fingerprint density at radius 2 is 1.83 bits per heavy atom. The van der Waals surface area contributed by atoms with Crippen LogP contribution >= 0.6 is 0 Å². The lowest BCUT2D eigenvalue weighted by atomic mass is 10.2. The highest BCUT2D eigenvalue weighted by molar-refractivity contribution is 5.89. The van der Waals surface area contributed by atoms with E-state index in [1.165, 1.54) is 10.8 Å². The molecule has 30 heavy (non-hydrogen) atoms. The summed E-state index contributed by atoms with van der Waals surface area (Å²) in [7, 11) is 0. The fourth-order valence-corrected chi connectivity index (χ4v) is 2.82. The van der Waals surface area contributed by atoms with Crippen LogP contribution in [0.3, 0.4) is 0 Å². The number of nitrogens with one attached hydrogen (secondary N) is 2. The molecule has 3 rings (SSSR count). The molecule has 0 unspecified atom stereocenters. The number of hydrogen-bond acceptors (Lipinski definition) is 6. The Balaban J connectivity index is 1.70. The molecule has 3 amide bonds. The fraction of sp³-hybridized carbons (Fsp3) is 0.200. The van der Waals surface area contributed by atoms with Crippen LogP contribution in [0.5, 0.6) is 11.6 Å². The summed E-state index contributed by atoms with van der Waals surface area (Å²) in [6, 6.07) is 10.4. The van der Waals surface area contributed by atoms with Crippen molar-refractivity contribution in [1.29, 1.82) is 0 Å². The standard InChI is InChI=1S/C20H21N5O5/c21-19(28)22-8-4-9-23-20(29)30-17-16(26)14-7-10-25(18(27)15(14)11-24-17)12-13-5-2-1-3-6-13/h1-3,5-7,10-11,26H,4,8-9,12H2,(H,23,29)(H3,21,22,28). The van der Waals surface area contributed by atoms with E-state index in [4.69, 9.17) is 10.5 Å². The summed E-state index contributed by atoms with van der Waals surface area (Å²) in [6.07, 6.45) is 2.44. The molecule has 0 aliphatic heterocycles. The van der Waals surface area contributed by atoms with Gasteiger partial charge in [-0.25, -0.2) is 14.6 Å². The van der Waals surface area contributed by atoms with Crippen molar-refractivity contribution in [2.75, 3.05) is 13.1 Å². The SMILES string of the molecule is NC(=O)NCCCNC(=O)Oc1ncc2c(=O)n(Cc3ccccc3)ccc2c1O. The monoisotopic (exact) mass is 411 g/mol. The average Bonchev–Trinajstić information content (AvgIpc) is 2.72. The molecule has 5 N–H and O–H groups in total. The maximum atomic E-state index is 12.7. The number of urea groups is 1. The number of nitrogens with zero attached hydrogens (tertiary/aromatic N) is 2. The third-order valence-corrected chi connectivity index (χ3v) is 4.28. The first-order valence-corrected chi connectivity index (χ1v) is 9.19. The van der Waals surface area contributed by atoms with Gasteiger partial charge in [-0.15, -0.1) is 0 Å². The van der Waals surface area contributed by atoms with Gasteiger partial charge < -0.3 is 30.8 Å². The molecule has 0 bridgehead atoms. The Hall–Kier alpha value is -4.08. The maximum absolute atomic E-state index is 12.7. The Labute approximate surface area is 171 Å². The van der Waals surface area contributed by atoms with Gasteiger partial charge in [0.15, 0.2) is 5.75 Å². The lowest BCUT2D eigenvalue weighted by Crippen LogP contribution is -2.33. The Bertz CT molecular complexity index is 1110. The van der Waals surface area contributed by atoms with Crippen LogP contribution in [0.4, 0.5) is 9.59 Å². The average molecular weight is 411 g/mol. The summed E-state index contributed by atoms with van der Waals surface area (Å²) >= 11 is 0. The molecule has 2 aromatic heterocycles. The number of rotatable bonds is 7. The van der Waals surface area contributed by atoms with Crippen molar-refractivity contribution in [2.45, 2.75) is 13.0 Å². The Kier molecular flexibility index (Phi) is 6.48. The summed E-state index contributed by atoms with van der Waals surface area (Å²) in [5.41, 5.74) is 5.57. The molecular formula is C20H21N5O5. The molecular weight excluding hydrogens is 390 g/mol. The normalized spacial score (nSPS) is 10.5. The van der Waals surface area contributed by atoms with Crippen LogP contribution in [-0.2, 0) is 6.54 Å². The van der Waals surface area contributed by atoms with E-state index >= 15 is 0 Å². The van der Waals surface area contributed by atoms with Gasteiger partial charge in [0.1, 0.15) is 0 Å². The highest BCUT2D eigenvalue weighted by Gasteiger charge is 2.15. The van der Waals surface area contributed by atoms with Gasteiger partial charge in [-0.2, -0.15) is 0 Å². The van der Waals surface area contributed by atoms with E-state index in [2.05, 4.69) is 15.6 Å². The lowest BCUT2D eigenvalue weighted by molar-refractivity contribution is 0.196. The molecule has 0 aliphatic rings. The zero-order valence-electron chi connectivity index (χ0n) is 16.0. The third-order valence-electron chi connectivity index (χ3n) is 4.28. The quantitative estimate of drug-likeness (QED) is 0.431. The lowest BCUT2D eigenvalue weighted by Gasteiger charge is -2.11. The van der Waals surface area contributed by atoms with Crippen molar-refractivity contribution < 1.29 is 19.4 Å². The van der Waals surface area contributed by atoms with Gasteiger partial charge in [0, 0.05) is 30.9 Å². The Morgan fingerprint density at radius 3 is 2.57 bits per heavy atom. The van der Waals surface area contributed by atoms with Crippen molar-refractivity contribution in [3.63, 3.8) is 0 Å². The number of nitrogens with two attached hydrogens (primary N) is 1. The highest BCUT2D eigenvalue weighted by Crippen LogP contribution is 2.30. The minimum Gasteiger partial charge on any atom is -0.503 e. The van der Waals surface area contributed by atoms with Gasteiger partial charge in [-0.1, -0.05) is 30.3 Å². The van der Waals surface area contributed by atoms with Gasteiger partial charge in [0.25, 0.3) is 11.4 Å². The van der Waals surface area contributed by atoms with Crippen molar-refractivity contribution in [3.05, 3.63) is 64.7 Å². The minimum atomic E-state index is -0.825. The number of pyridine rings is 2. The number of fused-ring (bicyclic) bond motifs is 1. The number of primary amides is 1. The number of hydrogen-bond donors (Lipinski definition) is 4. The van der Waals surface area contributed by atoms with Crippen molar-refractivity contribution in [1.82, 2.24) is 20.2 Å². The number of amides is 3. The number of carbonyl (C=O) groups excluding carboxylic acids is 2. The third kappa shape index (κ3) is 5.04. The van der Waals surface area contributed by atoms with Gasteiger partial charge in [0.2, 0.25) is 0 Å². The van der Waals surface area contributed by atoms with E-state index in [1.54, 1.807) is 12.3 Å². The molecule has 0 saturated heterocycles. The first-order valence-electron chi connectivity index (χ1n) is 9.19. The molecule has 0 aliphatic carbocycles. The van der Waals surface area contributed by atoms with Gasteiger partial charge in [-0.05, 0) is 18.1 Å². The highest BCUT2D eigenvalue weighted by atomic mass is 16.6. The summed E-state index contributed by atoms with van der Waals surface area (Å²) in [6.45, 7) is 0.892. The maximum Gasteiger partial charge on any atom is 0.414 e. The van der Waals surface area contributed by atoms with Gasteiger partial charge in [0.05, 0.1) is 11.9 Å². The summed E-state index contributed by atoms with van der Waals surface area (Å²) in [4.78, 5) is 39.0. The number of ether oxygens (including phenoxy) is 1. The smallest absolute Gasteiger partial charge is 0.414 e. The second kappa shape index (κ2) is 9.41. The van der Waals surface area contributed by atoms with E-state index in [-0.39, 0.29) is 28.8 Å². The molecule has 10 heteroatoms. The number of carbonyl (C=O) groups is 2. The van der Waals surface area contributed by atoms with Crippen LogP contribution in [0, 0.1) is 0 Å². The molecule has 2 heterocycles. The first-order chi connectivity index (χ1) is 14.5. The second-order valence-corrected chi connectivity index (χ2v) is 6.43. The topological polar surface area (TPSA) is 149 Å². The molecule has 1 aromatic carbocycles. The van der Waals surface area contributed by atoms with E-state index in [0.717, 1.165) is 5.56 Å². The zero-order chi connectivity index (χ0) is 21.5. The van der Waals surface area contributed by atoms with E-state index in [1.807, 2.05) is 30.3 Å². The molecule has 10 nitrogen and oxygen atoms in total. The van der Waals surface area contributed by atoms with Gasteiger partial charge in [-0.3, -0.25) is 4.79 Å². The predicted octanol–water partition coefficient (Wildman–Crippen LogP) is 1.30. The molecule has 0 atom stereocenters. The van der Waals surface area contributed by atoms with E-state index in [9.17, 15) is 19.5 Å². The predicted molar refractivity (Wildman–Crippen MR) is 109 cm³/mol. The van der Waals surface area contributed by atoms with Crippen LogP contribution in [0.1, 0.15) is 12.0 Å². The number of aromatic hydroxyl groups is 1. The summed E-state index contributed by atoms with van der Waals surface area (Å²) in [5.74, 6) is -0.711. The van der Waals surface area contributed by atoms with Crippen molar-refractivity contribution >= 4 is 22.9 Å². The first kappa shape index (κ1) is 20.6. The Morgan fingerprint density at radius 1 is 1.10 bits per heavy atom. The van der Waals surface area contributed by atoms with Crippen LogP contribution in [0.2, 0.25) is 0 Å². The molecule has 0 spiro atoms. The largest absolute Gasteiger partial charge is 0.503 e. The van der Waals surface area contributed by atoms with E-state index < -0.39 is 17.9 Å². The van der Waals surface area contributed by atoms with Crippen LogP contribution in [0.15, 0.2) is 53.6 Å². The molecule has 156 valence electrons. The fourth-order valence-electron chi connectivity index (χ4n) is 2.82. The number of benzene rings is 1. The summed E-state index contributed by atoms with van der Waals surface area (Å²) < 4.78 is 6.52. The summed E-state index contributed by atoms with van der Waals surface area (Å²) in [5, 5.41) is 15.7. The van der Waals surface area contributed by atoms with Crippen LogP contribution < -0.4 is 26.7 Å². The molecule has 0 saturated carbocycles. The molecule has 3 aromatic rings. The number of aromatic nitrogens is 2. The van der Waals surface area contributed by atoms with Crippen LogP contribution in [0.25, 0.3) is 10.8 Å². The second-order valence-electron chi connectivity index (χ2n) is 6.43. The van der Waals surface area contributed by atoms with Crippen molar-refractivity contribution in [3.8, 4) is 11.6 Å². The molecule has 0 fully saturated rings. The zero-order valence-corrected chi connectivity index (χ0v) is 16.0.